The Morgan fingerprint density at radius 1 is 1.23 bits per heavy atom. The molecule has 0 spiro atoms. The molecule has 1 amide bonds. The number of amides is 1. The van der Waals surface area contributed by atoms with Gasteiger partial charge in [-0.05, 0) is 101 Å². The van der Waals surface area contributed by atoms with Crippen molar-refractivity contribution in [1.29, 1.82) is 5.26 Å². The largest absolute Gasteiger partial charge is 0.364 e. The van der Waals surface area contributed by atoms with E-state index in [1.807, 2.05) is 38.1 Å². The first-order chi connectivity index (χ1) is 14.5. The standard InChI is InChI=1S/C27H33N3O/c1-17(2)30-25-12-19(4)21(14-24(25)20(5)15-27(30,6)7)13-22(16-28)26(31)29-23-10-8-18(3)9-11-23/h8-14,17,20H,15H2,1-7H3,(H,29,31)/b22-13-. The van der Waals surface area contributed by atoms with Crippen molar-refractivity contribution in [3.63, 3.8) is 0 Å². The summed E-state index contributed by atoms with van der Waals surface area (Å²) in [5.41, 5.74) is 6.50. The zero-order valence-electron chi connectivity index (χ0n) is 19.7. The Kier molecular flexibility index (Phi) is 6.27. The minimum atomic E-state index is -0.388. The number of hydrogen-bond donors (Lipinski definition) is 1. The highest BCUT2D eigenvalue weighted by molar-refractivity contribution is 6.09. The SMILES string of the molecule is Cc1ccc(NC(=O)/C(C#N)=C\c2cc3c(cc2C)N(C(C)C)C(C)(C)CC3C)cc1. The number of carbonyl (C=O) groups is 1. The van der Waals surface area contributed by atoms with Crippen LogP contribution in [0.25, 0.3) is 6.08 Å². The lowest BCUT2D eigenvalue weighted by Crippen LogP contribution is -2.51. The molecule has 0 radical (unpaired) electrons. The quantitative estimate of drug-likeness (QED) is 0.467. The number of nitrogens with one attached hydrogen (secondary N) is 1. The fourth-order valence-corrected chi connectivity index (χ4v) is 4.89. The summed E-state index contributed by atoms with van der Waals surface area (Å²) in [5, 5.41) is 12.5. The first-order valence-corrected chi connectivity index (χ1v) is 11.0. The Morgan fingerprint density at radius 2 is 1.87 bits per heavy atom. The highest BCUT2D eigenvalue weighted by Gasteiger charge is 2.37. The van der Waals surface area contributed by atoms with Crippen LogP contribution in [0.2, 0.25) is 0 Å². The van der Waals surface area contributed by atoms with Crippen LogP contribution in [0.4, 0.5) is 11.4 Å². The molecule has 1 aliphatic heterocycles. The minimum Gasteiger partial charge on any atom is -0.364 e. The van der Waals surface area contributed by atoms with Crippen molar-refractivity contribution in [2.45, 2.75) is 72.4 Å². The molecule has 4 nitrogen and oxygen atoms in total. The maximum atomic E-state index is 12.7. The molecule has 4 heteroatoms. The van der Waals surface area contributed by atoms with E-state index < -0.39 is 0 Å². The van der Waals surface area contributed by atoms with E-state index in [4.69, 9.17) is 0 Å². The summed E-state index contributed by atoms with van der Waals surface area (Å²) >= 11 is 0. The predicted octanol–water partition coefficient (Wildman–Crippen LogP) is 6.35. The van der Waals surface area contributed by atoms with Crippen LogP contribution in [-0.2, 0) is 4.79 Å². The molecule has 2 aromatic rings. The second kappa shape index (κ2) is 8.59. The number of benzene rings is 2. The Balaban J connectivity index is 1.98. The van der Waals surface area contributed by atoms with Crippen molar-refractivity contribution in [2.24, 2.45) is 0 Å². The lowest BCUT2D eigenvalue weighted by molar-refractivity contribution is -0.112. The molecule has 0 aliphatic carbocycles. The van der Waals surface area contributed by atoms with Gasteiger partial charge in [-0.2, -0.15) is 5.26 Å². The number of nitrogens with zero attached hydrogens (tertiary/aromatic N) is 2. The first kappa shape index (κ1) is 22.6. The molecular weight excluding hydrogens is 382 g/mol. The monoisotopic (exact) mass is 415 g/mol. The van der Waals surface area contributed by atoms with Crippen molar-refractivity contribution in [2.75, 3.05) is 10.2 Å². The lowest BCUT2D eigenvalue weighted by atomic mass is 9.78. The van der Waals surface area contributed by atoms with E-state index in [-0.39, 0.29) is 17.0 Å². The summed E-state index contributed by atoms with van der Waals surface area (Å²) in [6.07, 6.45) is 2.77. The van der Waals surface area contributed by atoms with Gasteiger partial charge in [0.1, 0.15) is 11.6 Å². The molecule has 0 saturated carbocycles. The molecule has 1 aliphatic rings. The van der Waals surface area contributed by atoms with E-state index in [1.54, 1.807) is 6.08 Å². The number of nitriles is 1. The molecule has 1 atom stereocenters. The number of anilines is 2. The van der Waals surface area contributed by atoms with E-state index in [0.29, 0.717) is 17.6 Å². The number of fused-ring (bicyclic) bond motifs is 1. The van der Waals surface area contributed by atoms with Crippen LogP contribution in [0.1, 0.15) is 69.2 Å². The molecular formula is C27H33N3O. The summed E-state index contributed by atoms with van der Waals surface area (Å²) in [5.74, 6) is 0.0149. The van der Waals surface area contributed by atoms with Crippen LogP contribution in [-0.4, -0.2) is 17.5 Å². The molecule has 1 unspecified atom stereocenters. The Morgan fingerprint density at radius 3 is 2.45 bits per heavy atom. The van der Waals surface area contributed by atoms with Crippen LogP contribution in [0, 0.1) is 25.2 Å². The summed E-state index contributed by atoms with van der Waals surface area (Å²) in [6, 6.07) is 14.4. The van der Waals surface area contributed by atoms with Gasteiger partial charge in [-0.25, -0.2) is 0 Å². The minimum absolute atomic E-state index is 0.0795. The van der Waals surface area contributed by atoms with Gasteiger partial charge in [-0.15, -0.1) is 0 Å². The van der Waals surface area contributed by atoms with E-state index in [0.717, 1.165) is 23.1 Å². The molecule has 0 bridgehead atoms. The van der Waals surface area contributed by atoms with Gasteiger partial charge < -0.3 is 10.2 Å². The van der Waals surface area contributed by atoms with Gasteiger partial charge in [0.15, 0.2) is 0 Å². The van der Waals surface area contributed by atoms with E-state index in [9.17, 15) is 10.1 Å². The van der Waals surface area contributed by atoms with Crippen LogP contribution >= 0.6 is 0 Å². The third-order valence-electron chi connectivity index (χ3n) is 6.15. The van der Waals surface area contributed by atoms with Crippen molar-refractivity contribution >= 4 is 23.4 Å². The highest BCUT2D eigenvalue weighted by atomic mass is 16.1. The molecule has 1 N–H and O–H groups in total. The van der Waals surface area contributed by atoms with Crippen molar-refractivity contribution in [3.8, 4) is 6.07 Å². The van der Waals surface area contributed by atoms with Crippen LogP contribution in [0.5, 0.6) is 0 Å². The third kappa shape index (κ3) is 4.66. The summed E-state index contributed by atoms with van der Waals surface area (Å²) in [7, 11) is 0. The Hall–Kier alpha value is -3.06. The van der Waals surface area contributed by atoms with Gasteiger partial charge in [-0.1, -0.05) is 24.6 Å². The van der Waals surface area contributed by atoms with Crippen LogP contribution in [0.3, 0.4) is 0 Å². The summed E-state index contributed by atoms with van der Waals surface area (Å²) in [4.78, 5) is 15.2. The van der Waals surface area contributed by atoms with E-state index in [2.05, 4.69) is 63.0 Å². The first-order valence-electron chi connectivity index (χ1n) is 11.0. The molecule has 3 rings (SSSR count). The summed E-state index contributed by atoms with van der Waals surface area (Å²) < 4.78 is 0. The Bertz CT molecular complexity index is 1060. The van der Waals surface area contributed by atoms with Gasteiger partial charge in [0.25, 0.3) is 5.91 Å². The van der Waals surface area contributed by atoms with Crippen LogP contribution < -0.4 is 10.2 Å². The van der Waals surface area contributed by atoms with Crippen molar-refractivity contribution in [1.82, 2.24) is 0 Å². The van der Waals surface area contributed by atoms with Gasteiger partial charge in [-0.3, -0.25) is 4.79 Å². The van der Waals surface area contributed by atoms with Crippen molar-refractivity contribution < 1.29 is 4.79 Å². The molecule has 1 heterocycles. The molecule has 31 heavy (non-hydrogen) atoms. The normalized spacial score (nSPS) is 17.8. The summed E-state index contributed by atoms with van der Waals surface area (Å²) in [6.45, 7) is 15.4. The molecule has 0 fully saturated rings. The van der Waals surface area contributed by atoms with Gasteiger partial charge in [0, 0.05) is 23.0 Å². The maximum absolute atomic E-state index is 12.7. The fraction of sp³-hybridized carbons (Fsp3) is 0.407. The molecule has 0 saturated heterocycles. The fourth-order valence-electron chi connectivity index (χ4n) is 4.89. The zero-order chi connectivity index (χ0) is 22.9. The van der Waals surface area contributed by atoms with Crippen LogP contribution in [0.15, 0.2) is 42.0 Å². The lowest BCUT2D eigenvalue weighted by Gasteiger charge is -2.50. The van der Waals surface area contributed by atoms with Gasteiger partial charge in [0.2, 0.25) is 0 Å². The predicted molar refractivity (Wildman–Crippen MR) is 129 cm³/mol. The maximum Gasteiger partial charge on any atom is 0.266 e. The smallest absolute Gasteiger partial charge is 0.266 e. The Labute approximate surface area is 186 Å². The van der Waals surface area contributed by atoms with E-state index >= 15 is 0 Å². The van der Waals surface area contributed by atoms with Gasteiger partial charge in [0.05, 0.1) is 0 Å². The number of aryl methyl sites for hydroxylation is 2. The highest BCUT2D eigenvalue weighted by Crippen LogP contribution is 2.45. The average Bonchev–Trinajstić information content (AvgIpc) is 2.67. The second-order valence-electron chi connectivity index (χ2n) is 9.64. The second-order valence-corrected chi connectivity index (χ2v) is 9.64. The molecule has 2 aromatic carbocycles. The molecule has 0 aromatic heterocycles. The van der Waals surface area contributed by atoms with Gasteiger partial charge >= 0.3 is 0 Å². The average molecular weight is 416 g/mol. The third-order valence-corrected chi connectivity index (χ3v) is 6.15. The van der Waals surface area contributed by atoms with Crippen molar-refractivity contribution in [3.05, 3.63) is 64.2 Å². The number of hydrogen-bond acceptors (Lipinski definition) is 3. The number of rotatable bonds is 4. The van der Waals surface area contributed by atoms with E-state index in [1.165, 1.54) is 11.3 Å². The number of carbonyl (C=O) groups excluding carboxylic acids is 1. The topological polar surface area (TPSA) is 56.1 Å². The zero-order valence-corrected chi connectivity index (χ0v) is 19.7. The molecule has 162 valence electrons.